The summed E-state index contributed by atoms with van der Waals surface area (Å²) in [6.07, 6.45) is -4.87. The molecule has 21 heavy (non-hydrogen) atoms. The van der Waals surface area contributed by atoms with Crippen LogP contribution in [-0.2, 0) is 12.6 Å². The summed E-state index contributed by atoms with van der Waals surface area (Å²) in [6.45, 7) is 3.66. The second-order valence-electron chi connectivity index (χ2n) is 5.04. The molecule has 0 saturated carbocycles. The summed E-state index contributed by atoms with van der Waals surface area (Å²) >= 11 is 0. The number of aromatic nitrogens is 1. The molecule has 1 N–H and O–H groups in total. The van der Waals surface area contributed by atoms with Gasteiger partial charge in [0.2, 0.25) is 0 Å². The monoisotopic (exact) mass is 295 g/mol. The summed E-state index contributed by atoms with van der Waals surface area (Å²) in [4.78, 5) is 4.27. The number of aliphatic hydroxyl groups excluding tert-OH is 1. The van der Waals surface area contributed by atoms with Gasteiger partial charge in [-0.3, -0.25) is 4.98 Å². The molecule has 0 aliphatic carbocycles. The van der Waals surface area contributed by atoms with Crippen LogP contribution in [-0.4, -0.2) is 10.1 Å². The van der Waals surface area contributed by atoms with Gasteiger partial charge < -0.3 is 5.11 Å². The lowest BCUT2D eigenvalue weighted by molar-refractivity contribution is -0.137. The number of halogens is 3. The predicted octanol–water partition coefficient (Wildman–Crippen LogP) is 3.99. The van der Waals surface area contributed by atoms with Gasteiger partial charge in [0.15, 0.2) is 0 Å². The zero-order valence-electron chi connectivity index (χ0n) is 11.8. The fourth-order valence-electron chi connectivity index (χ4n) is 2.21. The number of pyridine rings is 1. The quantitative estimate of drug-likeness (QED) is 0.928. The Labute approximate surface area is 121 Å². The Morgan fingerprint density at radius 2 is 1.67 bits per heavy atom. The fraction of sp³-hybridized carbons (Fsp3) is 0.312. The highest BCUT2D eigenvalue weighted by atomic mass is 19.4. The van der Waals surface area contributed by atoms with Gasteiger partial charge in [-0.25, -0.2) is 0 Å². The zero-order valence-corrected chi connectivity index (χ0v) is 11.8. The highest BCUT2D eigenvalue weighted by Crippen LogP contribution is 2.30. The number of rotatable bonds is 3. The standard InChI is InChI=1S/C16H16F3NO/c1-10-3-8-14(11(2)20-10)15(21)9-12-4-6-13(7-5-12)16(17,18)19/h3-8,15,21H,9H2,1-2H3. The molecule has 5 heteroatoms. The second-order valence-corrected chi connectivity index (χ2v) is 5.04. The molecule has 1 aromatic heterocycles. The van der Waals surface area contributed by atoms with E-state index in [1.54, 1.807) is 19.1 Å². The molecule has 0 aliphatic heterocycles. The van der Waals surface area contributed by atoms with E-state index >= 15 is 0 Å². The number of aliphatic hydroxyl groups is 1. The highest BCUT2D eigenvalue weighted by molar-refractivity contribution is 5.29. The van der Waals surface area contributed by atoms with E-state index in [-0.39, 0.29) is 6.42 Å². The molecule has 112 valence electrons. The first-order chi connectivity index (χ1) is 9.77. The normalized spacial score (nSPS) is 13.2. The number of hydrogen-bond acceptors (Lipinski definition) is 2. The SMILES string of the molecule is Cc1ccc(C(O)Cc2ccc(C(F)(F)F)cc2)c(C)n1. The summed E-state index contributed by atoms with van der Waals surface area (Å²) in [5.74, 6) is 0. The van der Waals surface area contributed by atoms with Crippen molar-refractivity contribution in [1.82, 2.24) is 4.98 Å². The molecule has 0 fully saturated rings. The molecule has 1 aromatic carbocycles. The van der Waals surface area contributed by atoms with Crippen LogP contribution in [0.15, 0.2) is 36.4 Å². The summed E-state index contributed by atoms with van der Waals surface area (Å²) in [5.41, 5.74) is 2.25. The average molecular weight is 295 g/mol. The van der Waals surface area contributed by atoms with Crippen molar-refractivity contribution in [3.8, 4) is 0 Å². The van der Waals surface area contributed by atoms with Crippen molar-refractivity contribution in [2.24, 2.45) is 0 Å². The summed E-state index contributed by atoms with van der Waals surface area (Å²) in [7, 11) is 0. The molecule has 2 rings (SSSR count). The molecule has 0 amide bonds. The number of hydrogen-bond donors (Lipinski definition) is 1. The van der Waals surface area contributed by atoms with Gasteiger partial charge in [0.1, 0.15) is 0 Å². The number of aryl methyl sites for hydroxylation is 2. The van der Waals surface area contributed by atoms with Crippen LogP contribution in [0.25, 0.3) is 0 Å². The third kappa shape index (κ3) is 3.82. The lowest BCUT2D eigenvalue weighted by Crippen LogP contribution is -2.07. The molecule has 0 aliphatic rings. The third-order valence-electron chi connectivity index (χ3n) is 3.34. The zero-order chi connectivity index (χ0) is 15.6. The Hall–Kier alpha value is -1.88. The van der Waals surface area contributed by atoms with Gasteiger partial charge in [-0.2, -0.15) is 13.2 Å². The minimum Gasteiger partial charge on any atom is -0.388 e. The van der Waals surface area contributed by atoms with Crippen molar-refractivity contribution in [2.75, 3.05) is 0 Å². The van der Waals surface area contributed by atoms with Crippen LogP contribution in [0, 0.1) is 13.8 Å². The Balaban J connectivity index is 2.14. The summed E-state index contributed by atoms with van der Waals surface area (Å²) in [6, 6.07) is 8.45. The summed E-state index contributed by atoms with van der Waals surface area (Å²) in [5, 5.41) is 10.2. The van der Waals surface area contributed by atoms with Gasteiger partial charge in [-0.1, -0.05) is 18.2 Å². The van der Waals surface area contributed by atoms with Gasteiger partial charge in [0.05, 0.1) is 11.7 Å². The maximum Gasteiger partial charge on any atom is 0.416 e. The van der Waals surface area contributed by atoms with Crippen LogP contribution in [0.1, 0.15) is 34.2 Å². The number of nitrogens with zero attached hydrogens (tertiary/aromatic N) is 1. The molecule has 0 bridgehead atoms. The number of alkyl halides is 3. The van der Waals surface area contributed by atoms with Crippen LogP contribution in [0.3, 0.4) is 0 Å². The van der Waals surface area contributed by atoms with Crippen LogP contribution in [0.5, 0.6) is 0 Å². The van der Waals surface area contributed by atoms with E-state index in [2.05, 4.69) is 4.98 Å². The molecule has 1 atom stereocenters. The van der Waals surface area contributed by atoms with Crippen molar-refractivity contribution < 1.29 is 18.3 Å². The van der Waals surface area contributed by atoms with Crippen LogP contribution >= 0.6 is 0 Å². The van der Waals surface area contributed by atoms with E-state index in [9.17, 15) is 18.3 Å². The Kier molecular flexibility index (Phi) is 4.32. The van der Waals surface area contributed by atoms with Crippen molar-refractivity contribution >= 4 is 0 Å². The first kappa shape index (κ1) is 15.5. The number of benzene rings is 1. The molecule has 2 nitrogen and oxygen atoms in total. The van der Waals surface area contributed by atoms with Crippen molar-refractivity contribution in [1.29, 1.82) is 0 Å². The summed E-state index contributed by atoms with van der Waals surface area (Å²) < 4.78 is 37.4. The van der Waals surface area contributed by atoms with E-state index in [1.807, 2.05) is 6.92 Å². The Morgan fingerprint density at radius 1 is 1.05 bits per heavy atom. The molecular weight excluding hydrogens is 279 g/mol. The minimum atomic E-state index is -4.34. The lowest BCUT2D eigenvalue weighted by atomic mass is 9.99. The van der Waals surface area contributed by atoms with E-state index < -0.39 is 17.8 Å². The van der Waals surface area contributed by atoms with Gasteiger partial charge in [-0.05, 0) is 37.6 Å². The molecular formula is C16H16F3NO. The smallest absolute Gasteiger partial charge is 0.388 e. The lowest BCUT2D eigenvalue weighted by Gasteiger charge is -2.14. The molecule has 0 spiro atoms. The Morgan fingerprint density at radius 3 is 2.19 bits per heavy atom. The maximum atomic E-state index is 12.5. The topological polar surface area (TPSA) is 33.1 Å². The first-order valence-electron chi connectivity index (χ1n) is 6.55. The predicted molar refractivity (Wildman–Crippen MR) is 73.8 cm³/mol. The molecule has 1 unspecified atom stereocenters. The van der Waals surface area contributed by atoms with E-state index in [0.29, 0.717) is 11.1 Å². The minimum absolute atomic E-state index is 0.254. The van der Waals surface area contributed by atoms with Gasteiger partial charge in [-0.15, -0.1) is 0 Å². The van der Waals surface area contributed by atoms with Crippen molar-refractivity contribution in [3.05, 3.63) is 64.5 Å². The second kappa shape index (κ2) is 5.85. The van der Waals surface area contributed by atoms with Gasteiger partial charge >= 0.3 is 6.18 Å². The van der Waals surface area contributed by atoms with E-state index in [4.69, 9.17) is 0 Å². The largest absolute Gasteiger partial charge is 0.416 e. The van der Waals surface area contributed by atoms with Gasteiger partial charge in [0, 0.05) is 23.4 Å². The molecule has 0 saturated heterocycles. The molecule has 0 radical (unpaired) electrons. The average Bonchev–Trinajstić information content (AvgIpc) is 2.38. The molecule has 2 aromatic rings. The van der Waals surface area contributed by atoms with Crippen LogP contribution in [0.2, 0.25) is 0 Å². The molecule has 1 heterocycles. The van der Waals surface area contributed by atoms with Crippen molar-refractivity contribution in [3.63, 3.8) is 0 Å². The van der Waals surface area contributed by atoms with E-state index in [0.717, 1.165) is 23.5 Å². The fourth-order valence-corrected chi connectivity index (χ4v) is 2.21. The van der Waals surface area contributed by atoms with Gasteiger partial charge in [0.25, 0.3) is 0 Å². The van der Waals surface area contributed by atoms with E-state index in [1.165, 1.54) is 12.1 Å². The third-order valence-corrected chi connectivity index (χ3v) is 3.34. The first-order valence-corrected chi connectivity index (χ1v) is 6.55. The van der Waals surface area contributed by atoms with Crippen LogP contribution in [0.4, 0.5) is 13.2 Å². The Bertz CT molecular complexity index is 620. The highest BCUT2D eigenvalue weighted by Gasteiger charge is 2.30. The van der Waals surface area contributed by atoms with Crippen molar-refractivity contribution in [2.45, 2.75) is 32.5 Å². The van der Waals surface area contributed by atoms with Crippen LogP contribution < -0.4 is 0 Å². The maximum absolute atomic E-state index is 12.5.